The fraction of sp³-hybridized carbons (Fsp3) is 0.571. The van der Waals surface area contributed by atoms with Gasteiger partial charge in [0, 0.05) is 6.54 Å². The van der Waals surface area contributed by atoms with Crippen LogP contribution in [-0.2, 0) is 20.3 Å². The minimum atomic E-state index is -3.45. The fourth-order valence-corrected chi connectivity index (χ4v) is 3.12. The number of ether oxygens (including phenoxy) is 1. The van der Waals surface area contributed by atoms with Gasteiger partial charge in [-0.05, 0) is 26.3 Å². The predicted octanol–water partition coefficient (Wildman–Crippen LogP) is 1.20. The van der Waals surface area contributed by atoms with E-state index in [9.17, 15) is 8.42 Å². The summed E-state index contributed by atoms with van der Waals surface area (Å²) in [7, 11) is -3.45. The maximum atomic E-state index is 12.1. The Morgan fingerprint density at radius 1 is 1.30 bits per heavy atom. The van der Waals surface area contributed by atoms with Crippen molar-refractivity contribution in [3.63, 3.8) is 0 Å². The van der Waals surface area contributed by atoms with Gasteiger partial charge in [0.05, 0.1) is 24.0 Å². The van der Waals surface area contributed by atoms with Crippen LogP contribution in [0.4, 0.5) is 0 Å². The number of sulfonamides is 1. The van der Waals surface area contributed by atoms with E-state index < -0.39 is 15.6 Å². The van der Waals surface area contributed by atoms with Crippen LogP contribution in [0.2, 0.25) is 0 Å². The third-order valence-electron chi connectivity index (χ3n) is 3.00. The molecule has 0 saturated carbocycles. The lowest BCUT2D eigenvalue weighted by atomic mass is 9.94. The van der Waals surface area contributed by atoms with Crippen molar-refractivity contribution in [3.8, 4) is 0 Å². The Morgan fingerprint density at radius 3 is 2.40 bits per heavy atom. The summed E-state index contributed by atoms with van der Waals surface area (Å²) in [5.41, 5.74) is 5.80. The third-order valence-corrected chi connectivity index (χ3v) is 4.47. The van der Waals surface area contributed by atoms with Crippen LogP contribution in [-0.4, -0.2) is 33.4 Å². The van der Waals surface area contributed by atoms with E-state index in [1.54, 1.807) is 6.92 Å². The zero-order chi connectivity index (χ0) is 15.2. The molecule has 1 aromatic rings. The van der Waals surface area contributed by atoms with Gasteiger partial charge in [-0.1, -0.05) is 30.3 Å². The van der Waals surface area contributed by atoms with Gasteiger partial charge in [0.1, 0.15) is 0 Å². The van der Waals surface area contributed by atoms with Crippen LogP contribution in [0.25, 0.3) is 0 Å². The molecule has 0 aliphatic rings. The second kappa shape index (κ2) is 7.17. The van der Waals surface area contributed by atoms with Gasteiger partial charge in [0.15, 0.2) is 0 Å². The molecule has 20 heavy (non-hydrogen) atoms. The Kier molecular flexibility index (Phi) is 6.13. The number of hydrogen-bond acceptors (Lipinski definition) is 4. The molecule has 0 aliphatic carbocycles. The molecule has 0 aromatic heterocycles. The first-order valence-corrected chi connectivity index (χ1v) is 8.33. The molecule has 5 nitrogen and oxygen atoms in total. The van der Waals surface area contributed by atoms with E-state index in [0.717, 1.165) is 5.56 Å². The van der Waals surface area contributed by atoms with Crippen molar-refractivity contribution < 1.29 is 13.2 Å². The molecule has 0 radical (unpaired) electrons. The van der Waals surface area contributed by atoms with Crippen molar-refractivity contribution in [1.82, 2.24) is 4.72 Å². The van der Waals surface area contributed by atoms with Crippen molar-refractivity contribution in [2.75, 3.05) is 18.9 Å². The molecule has 1 aromatic carbocycles. The molecule has 1 rings (SSSR count). The van der Waals surface area contributed by atoms with E-state index in [0.29, 0.717) is 0 Å². The molecular weight excluding hydrogens is 276 g/mol. The summed E-state index contributed by atoms with van der Waals surface area (Å²) in [6.07, 6.45) is 0.0141. The second-order valence-corrected chi connectivity index (χ2v) is 7.08. The summed E-state index contributed by atoms with van der Waals surface area (Å²) < 4.78 is 32.2. The molecule has 1 atom stereocenters. The monoisotopic (exact) mass is 300 g/mol. The van der Waals surface area contributed by atoms with Crippen LogP contribution in [0.15, 0.2) is 30.3 Å². The summed E-state index contributed by atoms with van der Waals surface area (Å²) in [6, 6.07) is 9.32. The predicted molar refractivity (Wildman–Crippen MR) is 80.9 cm³/mol. The van der Waals surface area contributed by atoms with E-state index in [4.69, 9.17) is 10.5 Å². The largest absolute Gasteiger partial charge is 0.378 e. The van der Waals surface area contributed by atoms with Gasteiger partial charge < -0.3 is 10.5 Å². The highest BCUT2D eigenvalue weighted by atomic mass is 32.2. The van der Waals surface area contributed by atoms with Gasteiger partial charge in [-0.2, -0.15) is 0 Å². The zero-order valence-electron chi connectivity index (χ0n) is 12.3. The van der Waals surface area contributed by atoms with E-state index in [2.05, 4.69) is 4.72 Å². The highest BCUT2D eigenvalue weighted by Crippen LogP contribution is 2.20. The van der Waals surface area contributed by atoms with E-state index >= 15 is 0 Å². The molecule has 0 amide bonds. The lowest BCUT2D eigenvalue weighted by Crippen LogP contribution is -2.49. The molecule has 0 spiro atoms. The fourth-order valence-electron chi connectivity index (χ4n) is 1.81. The van der Waals surface area contributed by atoms with Crippen molar-refractivity contribution >= 4 is 10.0 Å². The Morgan fingerprint density at radius 2 is 1.90 bits per heavy atom. The van der Waals surface area contributed by atoms with Gasteiger partial charge in [0.25, 0.3) is 0 Å². The van der Waals surface area contributed by atoms with E-state index in [1.807, 2.05) is 44.2 Å². The Labute approximate surface area is 121 Å². The highest BCUT2D eigenvalue weighted by Gasteiger charge is 2.30. The molecule has 0 saturated heterocycles. The first kappa shape index (κ1) is 17.1. The van der Waals surface area contributed by atoms with Crippen molar-refractivity contribution in [2.45, 2.75) is 32.4 Å². The van der Waals surface area contributed by atoms with Gasteiger partial charge in [-0.3, -0.25) is 0 Å². The van der Waals surface area contributed by atoms with Crippen LogP contribution in [0, 0.1) is 0 Å². The second-order valence-electron chi connectivity index (χ2n) is 5.24. The molecule has 114 valence electrons. The topological polar surface area (TPSA) is 81.4 Å². The molecule has 0 aliphatic heterocycles. The van der Waals surface area contributed by atoms with Gasteiger partial charge in [-0.25, -0.2) is 13.1 Å². The minimum absolute atomic E-state index is 0.0141. The Bertz CT molecular complexity index is 502. The van der Waals surface area contributed by atoms with E-state index in [-0.39, 0.29) is 25.0 Å². The van der Waals surface area contributed by atoms with Crippen LogP contribution < -0.4 is 10.5 Å². The first-order chi connectivity index (χ1) is 9.29. The van der Waals surface area contributed by atoms with Crippen LogP contribution in [0.1, 0.15) is 26.3 Å². The normalized spacial score (nSPS) is 15.2. The summed E-state index contributed by atoms with van der Waals surface area (Å²) in [5.74, 6) is -0.0758. The number of nitrogens with two attached hydrogens (primary N) is 1. The van der Waals surface area contributed by atoms with Crippen molar-refractivity contribution in [2.24, 2.45) is 5.73 Å². The number of nitrogens with one attached hydrogen (secondary N) is 1. The summed E-state index contributed by atoms with van der Waals surface area (Å²) in [6.45, 7) is 5.87. The molecular formula is C14H24N2O3S. The average Bonchev–Trinajstić information content (AvgIpc) is 2.38. The number of benzene rings is 1. The standard InChI is InChI=1S/C14H24N2O3S/c1-12(2)19-9-10-20(17,18)16-14(3,11-15)13-7-5-4-6-8-13/h4-8,12,16H,9-11,15H2,1-3H3. The lowest BCUT2D eigenvalue weighted by Gasteiger charge is -2.29. The first-order valence-electron chi connectivity index (χ1n) is 6.68. The number of rotatable bonds is 8. The summed E-state index contributed by atoms with van der Waals surface area (Å²) in [5, 5.41) is 0. The summed E-state index contributed by atoms with van der Waals surface area (Å²) in [4.78, 5) is 0. The average molecular weight is 300 g/mol. The zero-order valence-corrected chi connectivity index (χ0v) is 13.1. The number of hydrogen-bond donors (Lipinski definition) is 2. The van der Waals surface area contributed by atoms with E-state index in [1.165, 1.54) is 0 Å². The minimum Gasteiger partial charge on any atom is -0.378 e. The molecule has 1 unspecified atom stereocenters. The highest BCUT2D eigenvalue weighted by molar-refractivity contribution is 7.89. The van der Waals surface area contributed by atoms with Gasteiger partial charge in [0.2, 0.25) is 10.0 Å². The molecule has 0 bridgehead atoms. The van der Waals surface area contributed by atoms with Gasteiger partial charge in [-0.15, -0.1) is 0 Å². The summed E-state index contributed by atoms with van der Waals surface area (Å²) >= 11 is 0. The smallest absolute Gasteiger partial charge is 0.214 e. The molecule has 0 fully saturated rings. The van der Waals surface area contributed by atoms with Crippen LogP contribution in [0.3, 0.4) is 0 Å². The maximum absolute atomic E-state index is 12.1. The lowest BCUT2D eigenvalue weighted by molar-refractivity contribution is 0.0910. The Hall–Kier alpha value is -0.950. The molecule has 6 heteroatoms. The molecule has 3 N–H and O–H groups in total. The SMILES string of the molecule is CC(C)OCCS(=O)(=O)NC(C)(CN)c1ccccc1. The van der Waals surface area contributed by atoms with Crippen LogP contribution >= 0.6 is 0 Å². The van der Waals surface area contributed by atoms with Gasteiger partial charge >= 0.3 is 0 Å². The quantitative estimate of drug-likeness (QED) is 0.756. The van der Waals surface area contributed by atoms with Crippen LogP contribution in [0.5, 0.6) is 0 Å². The maximum Gasteiger partial charge on any atom is 0.214 e. The van der Waals surface area contributed by atoms with Crippen molar-refractivity contribution in [3.05, 3.63) is 35.9 Å². The van der Waals surface area contributed by atoms with Crippen molar-refractivity contribution in [1.29, 1.82) is 0 Å². The Balaban J connectivity index is 2.77. The third kappa shape index (κ3) is 5.20. The molecule has 0 heterocycles.